The number of rotatable bonds is 6. The summed E-state index contributed by atoms with van der Waals surface area (Å²) in [6, 6.07) is 0. The van der Waals surface area contributed by atoms with Gasteiger partial charge in [0.15, 0.2) is 0 Å². The fraction of sp³-hybridized carbons (Fsp3) is 1.00. The van der Waals surface area contributed by atoms with Crippen molar-refractivity contribution in [2.75, 3.05) is 0 Å². The minimum Gasteiger partial charge on any atom is -0.393 e. The third-order valence-corrected chi connectivity index (χ3v) is 11.9. The van der Waals surface area contributed by atoms with Crippen molar-refractivity contribution < 1.29 is 5.11 Å². The lowest BCUT2D eigenvalue weighted by atomic mass is 9.44. The number of aliphatic hydroxyl groups is 1. The van der Waals surface area contributed by atoms with E-state index >= 15 is 0 Å². The lowest BCUT2D eigenvalue weighted by Crippen LogP contribution is -2.54. The number of hydrogen-bond donors (Lipinski definition) is 1. The van der Waals surface area contributed by atoms with Crippen LogP contribution in [-0.2, 0) is 0 Å². The average molecular weight is 417 g/mol. The maximum absolute atomic E-state index is 10.3. The molecule has 4 aliphatic rings. The van der Waals surface area contributed by atoms with Crippen LogP contribution >= 0.6 is 0 Å². The van der Waals surface area contributed by atoms with Gasteiger partial charge in [-0.1, -0.05) is 54.4 Å². The van der Waals surface area contributed by atoms with Crippen molar-refractivity contribution in [1.82, 2.24) is 0 Å². The molecule has 0 unspecified atom stereocenters. The molecule has 1 heteroatoms. The van der Waals surface area contributed by atoms with Crippen LogP contribution in [0.25, 0.3) is 0 Å². The van der Waals surface area contributed by atoms with E-state index in [1.807, 2.05) is 0 Å². The Labute approximate surface area is 188 Å². The van der Waals surface area contributed by atoms with Gasteiger partial charge in [-0.3, -0.25) is 0 Å². The highest BCUT2D eigenvalue weighted by Crippen LogP contribution is 2.68. The molecule has 4 rings (SSSR count). The highest BCUT2D eigenvalue weighted by atomic mass is 16.3. The Morgan fingerprint density at radius 1 is 0.833 bits per heavy atom. The molecule has 0 spiro atoms. The molecule has 4 aliphatic carbocycles. The Kier molecular flexibility index (Phi) is 6.72. The zero-order valence-corrected chi connectivity index (χ0v) is 21.1. The topological polar surface area (TPSA) is 20.2 Å². The first-order valence-electron chi connectivity index (χ1n) is 13.9. The van der Waals surface area contributed by atoms with Crippen LogP contribution in [0.4, 0.5) is 0 Å². The third kappa shape index (κ3) is 3.82. The second kappa shape index (κ2) is 8.72. The van der Waals surface area contributed by atoms with Gasteiger partial charge in [-0.2, -0.15) is 0 Å². The first-order chi connectivity index (χ1) is 14.2. The van der Waals surface area contributed by atoms with Crippen LogP contribution in [-0.4, -0.2) is 11.2 Å². The van der Waals surface area contributed by atoms with Gasteiger partial charge in [-0.15, -0.1) is 0 Å². The Balaban J connectivity index is 1.45. The Hall–Kier alpha value is -0.0400. The normalized spacial score (nSPS) is 48.0. The van der Waals surface area contributed by atoms with Crippen LogP contribution in [0, 0.1) is 58.2 Å². The Morgan fingerprint density at radius 2 is 1.53 bits per heavy atom. The molecule has 0 saturated heterocycles. The summed E-state index contributed by atoms with van der Waals surface area (Å²) in [6.07, 6.45) is 16.5. The SMILES string of the molecule is CC[C@H](CC[C@H](C)[C@@H]1CC[C@@H]2[C@@H]3CC[C@H]4C[C@H](O)CC[C@]4(C)[C@H]3CC[C@]21C)C(C)C. The van der Waals surface area contributed by atoms with Crippen LogP contribution in [0.15, 0.2) is 0 Å². The van der Waals surface area contributed by atoms with E-state index in [-0.39, 0.29) is 6.10 Å². The molecule has 0 aromatic heterocycles. The lowest BCUT2D eigenvalue weighted by Gasteiger charge is -2.61. The van der Waals surface area contributed by atoms with E-state index in [1.165, 1.54) is 64.2 Å². The van der Waals surface area contributed by atoms with Crippen LogP contribution in [0.1, 0.15) is 119 Å². The summed E-state index contributed by atoms with van der Waals surface area (Å²) < 4.78 is 0. The summed E-state index contributed by atoms with van der Waals surface area (Å²) in [5, 5.41) is 10.3. The van der Waals surface area contributed by atoms with Crippen LogP contribution in [0.5, 0.6) is 0 Å². The van der Waals surface area contributed by atoms with Crippen molar-refractivity contribution in [2.24, 2.45) is 58.2 Å². The molecule has 1 N–H and O–H groups in total. The monoisotopic (exact) mass is 416 g/mol. The van der Waals surface area contributed by atoms with Gasteiger partial charge < -0.3 is 5.11 Å². The molecule has 4 fully saturated rings. The molecule has 0 aliphatic heterocycles. The first-order valence-corrected chi connectivity index (χ1v) is 13.9. The van der Waals surface area contributed by atoms with Crippen molar-refractivity contribution >= 4 is 0 Å². The number of aliphatic hydroxyl groups excluding tert-OH is 1. The summed E-state index contributed by atoms with van der Waals surface area (Å²) >= 11 is 0. The minimum atomic E-state index is -0.0111. The van der Waals surface area contributed by atoms with Gasteiger partial charge in [0.25, 0.3) is 0 Å². The highest BCUT2D eigenvalue weighted by Gasteiger charge is 2.60. The smallest absolute Gasteiger partial charge is 0.0543 e. The van der Waals surface area contributed by atoms with Crippen LogP contribution in [0.3, 0.4) is 0 Å². The molecular weight excluding hydrogens is 364 g/mol. The van der Waals surface area contributed by atoms with E-state index < -0.39 is 0 Å². The van der Waals surface area contributed by atoms with E-state index in [2.05, 4.69) is 41.5 Å². The number of fused-ring (bicyclic) bond motifs is 5. The Bertz CT molecular complexity index is 583. The molecule has 10 atom stereocenters. The summed E-state index contributed by atoms with van der Waals surface area (Å²) in [7, 11) is 0. The zero-order chi connectivity index (χ0) is 21.7. The molecule has 1 nitrogen and oxygen atoms in total. The second-order valence-corrected chi connectivity index (χ2v) is 13.3. The van der Waals surface area contributed by atoms with Gasteiger partial charge in [0.1, 0.15) is 0 Å². The molecule has 0 amide bonds. The minimum absolute atomic E-state index is 0.0111. The van der Waals surface area contributed by atoms with Crippen LogP contribution in [0.2, 0.25) is 0 Å². The summed E-state index contributed by atoms with van der Waals surface area (Å²) in [5.74, 6) is 7.34. The average Bonchev–Trinajstić information content (AvgIpc) is 3.06. The summed E-state index contributed by atoms with van der Waals surface area (Å²) in [5.41, 5.74) is 1.14. The molecule has 0 bridgehead atoms. The van der Waals surface area contributed by atoms with E-state index in [9.17, 15) is 5.11 Å². The van der Waals surface area contributed by atoms with Crippen molar-refractivity contribution in [3.8, 4) is 0 Å². The quantitative estimate of drug-likeness (QED) is 0.463. The largest absolute Gasteiger partial charge is 0.393 e. The fourth-order valence-electron chi connectivity index (χ4n) is 9.90. The Morgan fingerprint density at radius 3 is 2.23 bits per heavy atom. The second-order valence-electron chi connectivity index (χ2n) is 13.3. The molecule has 0 aromatic carbocycles. The van der Waals surface area contributed by atoms with Gasteiger partial charge in [0, 0.05) is 0 Å². The maximum atomic E-state index is 10.3. The maximum Gasteiger partial charge on any atom is 0.0543 e. The van der Waals surface area contributed by atoms with Crippen molar-refractivity contribution in [1.29, 1.82) is 0 Å². The summed E-state index contributed by atoms with van der Waals surface area (Å²) in [6.45, 7) is 15.2. The van der Waals surface area contributed by atoms with E-state index in [0.29, 0.717) is 10.8 Å². The van der Waals surface area contributed by atoms with Crippen molar-refractivity contribution in [2.45, 2.75) is 125 Å². The van der Waals surface area contributed by atoms with Crippen molar-refractivity contribution in [3.05, 3.63) is 0 Å². The summed E-state index contributed by atoms with van der Waals surface area (Å²) in [4.78, 5) is 0. The van der Waals surface area contributed by atoms with Crippen LogP contribution < -0.4 is 0 Å². The molecule has 4 saturated carbocycles. The first kappa shape index (κ1) is 23.1. The predicted octanol–water partition coefficient (Wildman–Crippen LogP) is 8.10. The molecule has 174 valence electrons. The van der Waals surface area contributed by atoms with E-state index in [1.54, 1.807) is 0 Å². The molecule has 0 heterocycles. The molecular formula is C29H52O. The van der Waals surface area contributed by atoms with Gasteiger partial charge >= 0.3 is 0 Å². The standard InChI is InChI=1S/C29H52O/c1-7-21(19(2)3)9-8-20(4)25-12-13-26-24-11-10-22-18-23(30)14-16-28(22,5)27(24)15-17-29(25,26)6/h19-27,30H,7-18H2,1-6H3/t20-,21+,22-,23+,24-,25-,26+,27-,28-,29-/m0/s1. The predicted molar refractivity (Wildman–Crippen MR) is 128 cm³/mol. The van der Waals surface area contributed by atoms with E-state index in [4.69, 9.17) is 0 Å². The third-order valence-electron chi connectivity index (χ3n) is 11.9. The molecule has 0 radical (unpaired) electrons. The van der Waals surface area contributed by atoms with Gasteiger partial charge in [-0.25, -0.2) is 0 Å². The van der Waals surface area contributed by atoms with Gasteiger partial charge in [-0.05, 0) is 122 Å². The highest BCUT2D eigenvalue weighted by molar-refractivity contribution is 5.09. The number of hydrogen-bond acceptors (Lipinski definition) is 1. The van der Waals surface area contributed by atoms with E-state index in [0.717, 1.165) is 60.2 Å². The lowest BCUT2D eigenvalue weighted by molar-refractivity contribution is -0.129. The van der Waals surface area contributed by atoms with Gasteiger partial charge in [0.05, 0.1) is 6.10 Å². The van der Waals surface area contributed by atoms with Crippen molar-refractivity contribution in [3.63, 3.8) is 0 Å². The van der Waals surface area contributed by atoms with Gasteiger partial charge in [0.2, 0.25) is 0 Å². The molecule has 0 aromatic rings. The molecule has 30 heavy (non-hydrogen) atoms. The zero-order valence-electron chi connectivity index (χ0n) is 21.1. The fourth-order valence-corrected chi connectivity index (χ4v) is 9.90.